The minimum absolute atomic E-state index is 0.0958. The van der Waals surface area contributed by atoms with E-state index in [-0.39, 0.29) is 30.3 Å². The molecule has 0 bridgehead atoms. The Hall–Kier alpha value is -3.18. The number of nitrogens with zero attached hydrogens (tertiary/aromatic N) is 2. The number of amidine groups is 1. The van der Waals surface area contributed by atoms with Crippen LogP contribution in [0.15, 0.2) is 35.5 Å². The summed E-state index contributed by atoms with van der Waals surface area (Å²) in [5.74, 6) is -5.23. The molecule has 172 valence electrons. The average molecular weight is 473 g/mol. The van der Waals surface area contributed by atoms with E-state index in [0.717, 1.165) is 19.1 Å². The second-order valence-corrected chi connectivity index (χ2v) is 7.38. The Morgan fingerprint density at radius 1 is 1.38 bits per heavy atom. The number of nitrogens with two attached hydrogens (primary N) is 1. The number of pyridine rings is 1. The number of carboxylic acid groups (broad SMARTS) is 1. The van der Waals surface area contributed by atoms with Crippen LogP contribution >= 0.6 is 11.6 Å². The van der Waals surface area contributed by atoms with Crippen LogP contribution in [0.1, 0.15) is 28.5 Å². The minimum atomic E-state index is -3.54. The van der Waals surface area contributed by atoms with Gasteiger partial charge in [0.1, 0.15) is 30.6 Å². The van der Waals surface area contributed by atoms with Gasteiger partial charge >= 0.3 is 0 Å². The molecule has 0 unspecified atom stereocenters. The molecule has 1 aliphatic rings. The highest BCUT2D eigenvalue weighted by atomic mass is 35.5. The van der Waals surface area contributed by atoms with Gasteiger partial charge in [-0.3, -0.25) is 14.6 Å². The number of halogens is 4. The van der Waals surface area contributed by atoms with E-state index in [1.54, 1.807) is 13.0 Å². The lowest BCUT2D eigenvalue weighted by atomic mass is 9.85. The number of aliphatic imine (C=N–C) groups is 1. The number of rotatable bonds is 3. The van der Waals surface area contributed by atoms with Crippen LogP contribution in [0.5, 0.6) is 0 Å². The van der Waals surface area contributed by atoms with Gasteiger partial charge < -0.3 is 20.9 Å². The number of anilines is 1. The highest BCUT2D eigenvalue weighted by Gasteiger charge is 2.54. The molecule has 2 aromatic rings. The Labute approximate surface area is 186 Å². The second-order valence-electron chi connectivity index (χ2n) is 6.95. The van der Waals surface area contributed by atoms with Crippen LogP contribution in [0.25, 0.3) is 0 Å². The molecule has 32 heavy (non-hydrogen) atoms. The number of carbonyl (C=O) groups excluding carboxylic acids is 1. The number of hydrogen-bond acceptors (Lipinski definition) is 6. The molecular weight excluding hydrogens is 453 g/mol. The number of hydrogen-bond donors (Lipinski definition) is 3. The molecule has 4 N–H and O–H groups in total. The Kier molecular flexibility index (Phi) is 7.81. The van der Waals surface area contributed by atoms with Gasteiger partial charge in [0, 0.05) is 17.4 Å². The van der Waals surface area contributed by atoms with Crippen molar-refractivity contribution in [3.8, 4) is 0 Å². The Morgan fingerprint density at radius 3 is 2.66 bits per heavy atom. The fourth-order valence-electron chi connectivity index (χ4n) is 3.03. The summed E-state index contributed by atoms with van der Waals surface area (Å²) in [7, 11) is 0. The first-order valence-corrected chi connectivity index (χ1v) is 9.44. The van der Waals surface area contributed by atoms with Gasteiger partial charge in [-0.1, -0.05) is 11.6 Å². The molecule has 0 saturated heterocycles. The number of alkyl halides is 2. The molecule has 1 aliphatic heterocycles. The SMILES string of the molecule is Cc1cc(Cl)cnc1C(=O)Nc1ccc(F)c([C@@]2(C)N=C(N)COCC2(F)F)c1.O=CO. The normalized spacial score (nSPS) is 19.6. The van der Waals surface area contributed by atoms with Gasteiger partial charge in [-0.05, 0) is 43.7 Å². The predicted molar refractivity (Wildman–Crippen MR) is 112 cm³/mol. The van der Waals surface area contributed by atoms with Crippen molar-refractivity contribution in [2.45, 2.75) is 25.3 Å². The summed E-state index contributed by atoms with van der Waals surface area (Å²) in [6.07, 6.45) is 1.31. The molecule has 0 fully saturated rings. The molecule has 8 nitrogen and oxygen atoms in total. The van der Waals surface area contributed by atoms with Gasteiger partial charge in [-0.15, -0.1) is 0 Å². The third kappa shape index (κ3) is 5.35. The number of nitrogens with one attached hydrogen (secondary N) is 1. The van der Waals surface area contributed by atoms with E-state index in [0.29, 0.717) is 10.6 Å². The van der Waals surface area contributed by atoms with Crippen LogP contribution < -0.4 is 11.1 Å². The van der Waals surface area contributed by atoms with Crippen LogP contribution in [0.2, 0.25) is 5.02 Å². The summed E-state index contributed by atoms with van der Waals surface area (Å²) in [5.41, 5.74) is 3.61. The van der Waals surface area contributed by atoms with Crippen molar-refractivity contribution < 1.29 is 32.6 Å². The molecular formula is C20H20ClF3N4O4. The van der Waals surface area contributed by atoms with Gasteiger partial charge in [0.05, 0.1) is 5.02 Å². The summed E-state index contributed by atoms with van der Waals surface area (Å²) in [5, 5.41) is 9.78. The zero-order chi connectivity index (χ0) is 24.1. The summed E-state index contributed by atoms with van der Waals surface area (Å²) in [4.78, 5) is 28.7. The van der Waals surface area contributed by atoms with E-state index in [2.05, 4.69) is 15.3 Å². The van der Waals surface area contributed by atoms with Crippen LogP contribution in [0, 0.1) is 12.7 Å². The van der Waals surface area contributed by atoms with E-state index in [4.69, 9.17) is 32.0 Å². The van der Waals surface area contributed by atoms with Gasteiger partial charge in [-0.2, -0.15) is 0 Å². The first-order valence-electron chi connectivity index (χ1n) is 9.06. The molecule has 1 atom stereocenters. The maximum absolute atomic E-state index is 14.7. The monoisotopic (exact) mass is 472 g/mol. The Bertz CT molecular complexity index is 1050. The fraction of sp³-hybridized carbons (Fsp3) is 0.300. The molecule has 1 aromatic heterocycles. The van der Waals surface area contributed by atoms with Gasteiger partial charge in [0.25, 0.3) is 18.3 Å². The minimum Gasteiger partial charge on any atom is -0.483 e. The molecule has 0 aliphatic carbocycles. The van der Waals surface area contributed by atoms with E-state index >= 15 is 0 Å². The van der Waals surface area contributed by atoms with E-state index < -0.39 is 35.4 Å². The van der Waals surface area contributed by atoms with Crippen LogP contribution in [-0.2, 0) is 15.1 Å². The molecule has 0 saturated carbocycles. The topological polar surface area (TPSA) is 127 Å². The van der Waals surface area contributed by atoms with Crippen molar-refractivity contribution in [3.05, 3.63) is 58.1 Å². The highest BCUT2D eigenvalue weighted by molar-refractivity contribution is 6.30. The van der Waals surface area contributed by atoms with Gasteiger partial charge in [0.15, 0.2) is 5.54 Å². The van der Waals surface area contributed by atoms with Crippen molar-refractivity contribution in [3.63, 3.8) is 0 Å². The summed E-state index contributed by atoms with van der Waals surface area (Å²) in [6, 6.07) is 4.90. The fourth-order valence-corrected chi connectivity index (χ4v) is 3.24. The summed E-state index contributed by atoms with van der Waals surface area (Å²) < 4.78 is 48.9. The zero-order valence-corrected chi connectivity index (χ0v) is 17.8. The third-order valence-electron chi connectivity index (χ3n) is 4.62. The molecule has 0 spiro atoms. The third-order valence-corrected chi connectivity index (χ3v) is 4.83. The Morgan fingerprint density at radius 2 is 2.03 bits per heavy atom. The maximum Gasteiger partial charge on any atom is 0.299 e. The second kappa shape index (κ2) is 9.96. The van der Waals surface area contributed by atoms with Gasteiger partial charge in [0.2, 0.25) is 0 Å². The van der Waals surface area contributed by atoms with Crippen LogP contribution in [0.3, 0.4) is 0 Å². The zero-order valence-electron chi connectivity index (χ0n) is 17.0. The number of aromatic nitrogens is 1. The number of ether oxygens (including phenoxy) is 1. The highest BCUT2D eigenvalue weighted by Crippen LogP contribution is 2.44. The predicted octanol–water partition coefficient (Wildman–Crippen LogP) is 3.37. The van der Waals surface area contributed by atoms with Crippen molar-refractivity contribution in [2.24, 2.45) is 10.7 Å². The van der Waals surface area contributed by atoms with Crippen LogP contribution in [-0.4, -0.2) is 47.4 Å². The van der Waals surface area contributed by atoms with Crippen molar-refractivity contribution in [1.29, 1.82) is 0 Å². The molecule has 0 radical (unpaired) electrons. The lowest BCUT2D eigenvalue weighted by molar-refractivity contribution is -0.122. The van der Waals surface area contributed by atoms with E-state index in [9.17, 15) is 18.0 Å². The summed E-state index contributed by atoms with van der Waals surface area (Å²) in [6.45, 7) is 1.21. The van der Waals surface area contributed by atoms with Crippen LogP contribution in [0.4, 0.5) is 18.9 Å². The van der Waals surface area contributed by atoms with Crippen molar-refractivity contribution >= 4 is 35.5 Å². The van der Waals surface area contributed by atoms with Crippen molar-refractivity contribution in [2.75, 3.05) is 18.5 Å². The average Bonchev–Trinajstić information content (AvgIpc) is 2.79. The first kappa shape index (κ1) is 25.1. The number of benzene rings is 1. The largest absolute Gasteiger partial charge is 0.483 e. The number of carbonyl (C=O) groups is 2. The molecule has 1 aromatic carbocycles. The molecule has 1 amide bonds. The molecule has 2 heterocycles. The summed E-state index contributed by atoms with van der Waals surface area (Å²) >= 11 is 5.83. The molecule has 3 rings (SSSR count). The van der Waals surface area contributed by atoms with Crippen molar-refractivity contribution in [1.82, 2.24) is 4.98 Å². The maximum atomic E-state index is 14.7. The van der Waals surface area contributed by atoms with E-state index in [1.807, 2.05) is 0 Å². The van der Waals surface area contributed by atoms with Gasteiger partial charge in [-0.25, -0.2) is 18.2 Å². The number of amides is 1. The lowest BCUT2D eigenvalue weighted by Gasteiger charge is -2.33. The molecule has 12 heteroatoms. The Balaban J connectivity index is 0.00000114. The quantitative estimate of drug-likeness (QED) is 0.588. The first-order chi connectivity index (χ1) is 14.9. The lowest BCUT2D eigenvalue weighted by Crippen LogP contribution is -2.45. The number of aryl methyl sites for hydroxylation is 1. The standard InChI is InChI=1S/C19H18ClF3N4O2.CH2O2/c1-10-5-11(20)7-25-16(10)17(28)26-12-3-4-14(21)13(6-12)18(2)19(22,23)9-29-8-15(24)27-18;2-1-3/h3-7H,8-9H2,1-2H3,(H2,24,27)(H,26,28);1H,(H,2,3)/t18-;/m1./s1. The smallest absolute Gasteiger partial charge is 0.299 e. The van der Waals surface area contributed by atoms with E-state index in [1.165, 1.54) is 12.3 Å².